The molecule has 2 rings (SSSR count). The Morgan fingerprint density at radius 1 is 1.56 bits per heavy atom. The Morgan fingerprint density at radius 3 is 3.06 bits per heavy atom. The zero-order chi connectivity index (χ0) is 13.0. The van der Waals surface area contributed by atoms with E-state index in [0.29, 0.717) is 6.54 Å². The van der Waals surface area contributed by atoms with Gasteiger partial charge in [0.1, 0.15) is 6.20 Å². The maximum Gasteiger partial charge on any atom is 0.275 e. The van der Waals surface area contributed by atoms with Gasteiger partial charge in [-0.15, -0.1) is 11.3 Å². The highest BCUT2D eigenvalue weighted by molar-refractivity contribution is 7.11. The quantitative estimate of drug-likeness (QED) is 0.891. The molecule has 1 amide bonds. The summed E-state index contributed by atoms with van der Waals surface area (Å²) in [5, 5.41) is 10.7. The summed E-state index contributed by atoms with van der Waals surface area (Å²) in [5.41, 5.74) is 1.16. The molecule has 0 unspecified atom stereocenters. The molecule has 0 fully saturated rings. The molecule has 6 nitrogen and oxygen atoms in total. The zero-order valence-corrected chi connectivity index (χ0v) is 11.1. The summed E-state index contributed by atoms with van der Waals surface area (Å²) in [6.07, 6.45) is 3.34. The van der Waals surface area contributed by atoms with Crippen LogP contribution in [0.25, 0.3) is 0 Å². The molecule has 0 atom stereocenters. The van der Waals surface area contributed by atoms with Gasteiger partial charge in [0.2, 0.25) is 0 Å². The van der Waals surface area contributed by atoms with E-state index in [4.69, 9.17) is 0 Å². The van der Waals surface area contributed by atoms with E-state index in [1.807, 2.05) is 6.92 Å². The van der Waals surface area contributed by atoms with Crippen LogP contribution in [-0.2, 0) is 13.0 Å². The van der Waals surface area contributed by atoms with E-state index >= 15 is 0 Å². The Kier molecular flexibility index (Phi) is 4.03. The summed E-state index contributed by atoms with van der Waals surface area (Å²) in [7, 11) is 0. The van der Waals surface area contributed by atoms with Crippen molar-refractivity contribution in [2.75, 3.05) is 0 Å². The van der Waals surface area contributed by atoms with Crippen LogP contribution in [-0.4, -0.2) is 21.2 Å². The van der Waals surface area contributed by atoms with Gasteiger partial charge in [0.05, 0.1) is 17.2 Å². The third kappa shape index (κ3) is 2.92. The van der Waals surface area contributed by atoms with Gasteiger partial charge in [-0.3, -0.25) is 4.79 Å². The van der Waals surface area contributed by atoms with Crippen molar-refractivity contribution in [3.63, 3.8) is 0 Å². The van der Waals surface area contributed by atoms with Gasteiger partial charge in [-0.2, -0.15) is 0 Å². The molecule has 0 aliphatic heterocycles. The molecule has 1 N–H and O–H groups in total. The van der Waals surface area contributed by atoms with Crippen LogP contribution in [0.1, 0.15) is 39.4 Å². The van der Waals surface area contributed by atoms with Crippen molar-refractivity contribution in [1.29, 1.82) is 0 Å². The number of rotatable bonds is 5. The molecule has 0 saturated carbocycles. The van der Waals surface area contributed by atoms with Crippen LogP contribution < -0.4 is 5.32 Å². The minimum atomic E-state index is -0.291. The van der Waals surface area contributed by atoms with Crippen molar-refractivity contribution in [2.24, 2.45) is 0 Å². The highest BCUT2D eigenvalue weighted by Gasteiger charge is 2.12. The predicted octanol–water partition coefficient (Wildman–Crippen LogP) is 1.72. The number of carbonyl (C=O) groups excluding carboxylic acids is 1. The third-order valence-electron chi connectivity index (χ3n) is 2.40. The summed E-state index contributed by atoms with van der Waals surface area (Å²) in [5.74, 6) is -0.291. The maximum atomic E-state index is 11.6. The number of aromatic nitrogens is 3. The smallest absolute Gasteiger partial charge is 0.275 e. The molecular weight excluding hydrogens is 252 g/mol. The monoisotopic (exact) mass is 266 g/mol. The van der Waals surface area contributed by atoms with Crippen molar-refractivity contribution in [2.45, 2.75) is 33.2 Å². The molecule has 0 aliphatic rings. The Morgan fingerprint density at radius 2 is 2.39 bits per heavy atom. The van der Waals surface area contributed by atoms with Crippen LogP contribution in [0, 0.1) is 6.92 Å². The summed E-state index contributed by atoms with van der Waals surface area (Å²) < 4.78 is 4.38. The number of nitrogens with zero attached hydrogens (tertiary/aromatic N) is 3. The van der Waals surface area contributed by atoms with Gasteiger partial charge in [0, 0.05) is 4.88 Å². The number of aryl methyl sites for hydroxylation is 2. The second-order valence-electron chi connectivity index (χ2n) is 3.84. The largest absolute Gasteiger partial charge is 0.346 e. The highest BCUT2D eigenvalue weighted by Crippen LogP contribution is 2.19. The summed E-state index contributed by atoms with van der Waals surface area (Å²) in [4.78, 5) is 17.2. The topological polar surface area (TPSA) is 80.9 Å². The highest BCUT2D eigenvalue weighted by atomic mass is 32.1. The van der Waals surface area contributed by atoms with Gasteiger partial charge in [0.15, 0.2) is 5.69 Å². The van der Waals surface area contributed by atoms with Gasteiger partial charge in [-0.05, 0) is 24.9 Å². The summed E-state index contributed by atoms with van der Waals surface area (Å²) >= 11 is 1.64. The predicted molar refractivity (Wildman–Crippen MR) is 66.3 cm³/mol. The molecule has 2 heterocycles. The van der Waals surface area contributed by atoms with E-state index in [1.54, 1.807) is 11.3 Å². The first kappa shape index (κ1) is 12.7. The lowest BCUT2D eigenvalue weighted by molar-refractivity contribution is 0.0941. The zero-order valence-electron chi connectivity index (χ0n) is 10.3. The van der Waals surface area contributed by atoms with Crippen LogP contribution in [0.3, 0.4) is 0 Å². The van der Waals surface area contributed by atoms with E-state index in [9.17, 15) is 4.79 Å². The van der Waals surface area contributed by atoms with Crippen LogP contribution in [0.2, 0.25) is 0 Å². The molecule has 0 aromatic carbocycles. The fourth-order valence-corrected chi connectivity index (χ4v) is 2.60. The standard InChI is InChI=1S/C11H14N4O2S/c1-3-4-10-14-7(2)9(18-10)6-12-11(16)8-5-13-17-15-8/h5H,3-4,6H2,1-2H3,(H,12,16). The van der Waals surface area contributed by atoms with Gasteiger partial charge in [-0.1, -0.05) is 12.1 Å². The Hall–Kier alpha value is -1.76. The van der Waals surface area contributed by atoms with E-state index in [1.165, 1.54) is 6.20 Å². The SMILES string of the molecule is CCCc1nc(C)c(CNC(=O)c2cnon2)s1. The number of thiazole rings is 1. The van der Waals surface area contributed by atoms with E-state index in [-0.39, 0.29) is 11.6 Å². The number of nitrogens with one attached hydrogen (secondary N) is 1. The van der Waals surface area contributed by atoms with E-state index in [0.717, 1.165) is 28.4 Å². The van der Waals surface area contributed by atoms with Gasteiger partial charge in [0.25, 0.3) is 5.91 Å². The van der Waals surface area contributed by atoms with Gasteiger partial charge >= 0.3 is 0 Å². The second-order valence-corrected chi connectivity index (χ2v) is 5.01. The first-order chi connectivity index (χ1) is 8.70. The average molecular weight is 266 g/mol. The Balaban J connectivity index is 1.95. The first-order valence-corrected chi connectivity index (χ1v) is 6.53. The first-order valence-electron chi connectivity index (χ1n) is 5.71. The molecule has 2 aromatic rings. The number of hydrogen-bond acceptors (Lipinski definition) is 6. The Labute approximate surface area is 108 Å². The lowest BCUT2D eigenvalue weighted by Crippen LogP contribution is -2.22. The third-order valence-corrected chi connectivity index (χ3v) is 3.62. The average Bonchev–Trinajstić information content (AvgIpc) is 2.97. The van der Waals surface area contributed by atoms with Crippen molar-refractivity contribution >= 4 is 17.2 Å². The Bertz CT molecular complexity index is 521. The van der Waals surface area contributed by atoms with Crippen LogP contribution in [0.15, 0.2) is 10.8 Å². The molecule has 96 valence electrons. The number of carbonyl (C=O) groups is 1. The molecule has 0 radical (unpaired) electrons. The molecule has 0 spiro atoms. The van der Waals surface area contributed by atoms with Crippen LogP contribution in [0.4, 0.5) is 0 Å². The molecule has 0 saturated heterocycles. The lowest BCUT2D eigenvalue weighted by atomic mass is 10.3. The number of hydrogen-bond donors (Lipinski definition) is 1. The van der Waals surface area contributed by atoms with E-state index < -0.39 is 0 Å². The molecule has 2 aromatic heterocycles. The fourth-order valence-electron chi connectivity index (χ4n) is 1.49. The van der Waals surface area contributed by atoms with Gasteiger partial charge < -0.3 is 5.32 Å². The van der Waals surface area contributed by atoms with Crippen molar-refractivity contribution in [3.8, 4) is 0 Å². The minimum absolute atomic E-state index is 0.186. The van der Waals surface area contributed by atoms with Crippen LogP contribution in [0.5, 0.6) is 0 Å². The maximum absolute atomic E-state index is 11.6. The normalized spacial score (nSPS) is 10.6. The van der Waals surface area contributed by atoms with Gasteiger partial charge in [-0.25, -0.2) is 9.61 Å². The summed E-state index contributed by atoms with van der Waals surface area (Å²) in [6.45, 7) is 4.53. The van der Waals surface area contributed by atoms with Crippen molar-refractivity contribution in [1.82, 2.24) is 20.6 Å². The molecule has 0 aliphatic carbocycles. The van der Waals surface area contributed by atoms with Crippen LogP contribution >= 0.6 is 11.3 Å². The van der Waals surface area contributed by atoms with Crippen molar-refractivity contribution < 1.29 is 9.42 Å². The molecule has 7 heteroatoms. The molecular formula is C11H14N4O2S. The summed E-state index contributed by atoms with van der Waals surface area (Å²) in [6, 6.07) is 0. The molecule has 18 heavy (non-hydrogen) atoms. The molecule has 0 bridgehead atoms. The van der Waals surface area contributed by atoms with Crippen molar-refractivity contribution in [3.05, 3.63) is 27.5 Å². The number of amides is 1. The second kappa shape index (κ2) is 5.72. The minimum Gasteiger partial charge on any atom is -0.346 e. The van der Waals surface area contributed by atoms with E-state index in [2.05, 4.69) is 32.2 Å². The fraction of sp³-hybridized carbons (Fsp3) is 0.455. The lowest BCUT2D eigenvalue weighted by Gasteiger charge is -2.00.